The van der Waals surface area contributed by atoms with Crippen LogP contribution in [0.1, 0.15) is 51.0 Å². The molecule has 0 bridgehead atoms. The lowest BCUT2D eigenvalue weighted by Gasteiger charge is -2.14. The molecule has 2 aromatic heterocycles. The van der Waals surface area contributed by atoms with Crippen LogP contribution in [0.2, 0.25) is 0 Å². The van der Waals surface area contributed by atoms with Gasteiger partial charge in [-0.25, -0.2) is 22.9 Å². The Morgan fingerprint density at radius 1 is 1.21 bits per heavy atom. The fourth-order valence-electron chi connectivity index (χ4n) is 4.13. The number of hydrogen-bond acceptors (Lipinski definition) is 6. The van der Waals surface area contributed by atoms with Gasteiger partial charge in [-0.1, -0.05) is 20.3 Å². The van der Waals surface area contributed by atoms with Gasteiger partial charge in [0.15, 0.2) is 22.3 Å². The van der Waals surface area contributed by atoms with Crippen molar-refractivity contribution < 1.29 is 18.1 Å². The second-order valence-corrected chi connectivity index (χ2v) is 9.94. The van der Waals surface area contributed by atoms with Gasteiger partial charge in [0.25, 0.3) is 5.56 Å². The molecule has 2 heterocycles. The van der Waals surface area contributed by atoms with E-state index in [0.717, 1.165) is 25.0 Å². The summed E-state index contributed by atoms with van der Waals surface area (Å²) in [5.74, 6) is 1.01. The minimum Gasteiger partial charge on any atom is -0.493 e. The molecule has 3 N–H and O–H groups in total. The van der Waals surface area contributed by atoms with Crippen LogP contribution in [-0.2, 0) is 11.0 Å². The molecule has 2 aromatic carbocycles. The van der Waals surface area contributed by atoms with Crippen molar-refractivity contribution in [1.82, 2.24) is 24.3 Å². The molecule has 0 aliphatic rings. The van der Waals surface area contributed by atoms with Crippen LogP contribution in [0.25, 0.3) is 16.9 Å². The van der Waals surface area contributed by atoms with E-state index < -0.39 is 22.8 Å². The van der Waals surface area contributed by atoms with Crippen LogP contribution < -0.4 is 20.3 Å². The van der Waals surface area contributed by atoms with Crippen molar-refractivity contribution in [1.29, 1.82) is 0 Å². The summed E-state index contributed by atoms with van der Waals surface area (Å²) in [6.45, 7) is 8.11. The maximum atomic E-state index is 13.1. The number of rotatable bonds is 9. The van der Waals surface area contributed by atoms with E-state index in [1.54, 1.807) is 29.6 Å². The summed E-state index contributed by atoms with van der Waals surface area (Å²) in [7, 11) is -1.89. The first-order chi connectivity index (χ1) is 18.2. The number of halogens is 1. The lowest BCUT2D eigenvalue weighted by Crippen LogP contribution is -2.30. The molecule has 0 saturated heterocycles. The molecule has 4 aromatic rings. The standard InChI is InChI=1S/C26H29FN6O4S/c1-5-7-15(3)24-28-16(4)22-25(34)30-23(31-33(22)24)20-14-18(10-13-21(20)37-6-2)29-26(35)32-38(36)19-11-8-17(27)9-12-19/h8-15H,5-7H2,1-4H3,(H2,29,32,35)(H,30,31,34). The average Bonchev–Trinajstić information content (AvgIpc) is 3.22. The molecule has 4 rings (SSSR count). The van der Waals surface area contributed by atoms with Crippen LogP contribution in [0.3, 0.4) is 0 Å². The Labute approximate surface area is 221 Å². The van der Waals surface area contributed by atoms with Crippen LogP contribution in [0.5, 0.6) is 5.75 Å². The van der Waals surface area contributed by atoms with Gasteiger partial charge in [-0.2, -0.15) is 0 Å². The first kappa shape index (κ1) is 27.0. The first-order valence-electron chi connectivity index (χ1n) is 12.2. The zero-order valence-corrected chi connectivity index (χ0v) is 22.3. The number of imidazole rings is 1. The fourth-order valence-corrected chi connectivity index (χ4v) is 4.85. The summed E-state index contributed by atoms with van der Waals surface area (Å²) in [4.78, 5) is 33.3. The number of hydrogen-bond donors (Lipinski definition) is 3. The summed E-state index contributed by atoms with van der Waals surface area (Å²) in [5, 5.41) is 7.32. The predicted molar refractivity (Wildman–Crippen MR) is 143 cm³/mol. The Morgan fingerprint density at radius 2 is 1.95 bits per heavy atom. The first-order valence-corrected chi connectivity index (χ1v) is 13.4. The highest BCUT2D eigenvalue weighted by Crippen LogP contribution is 2.31. The van der Waals surface area contributed by atoms with Crippen LogP contribution in [0.4, 0.5) is 14.9 Å². The van der Waals surface area contributed by atoms with Crippen molar-refractivity contribution >= 4 is 28.2 Å². The van der Waals surface area contributed by atoms with Crippen LogP contribution in [-0.4, -0.2) is 36.4 Å². The molecule has 0 fully saturated rings. The Hall–Kier alpha value is -4.06. The Balaban J connectivity index is 1.68. The molecule has 0 radical (unpaired) electrons. The molecule has 0 aliphatic carbocycles. The number of nitrogens with zero attached hydrogens (tertiary/aromatic N) is 3. The van der Waals surface area contributed by atoms with Gasteiger partial charge >= 0.3 is 6.03 Å². The minimum absolute atomic E-state index is 0.0911. The van der Waals surface area contributed by atoms with E-state index >= 15 is 0 Å². The highest BCUT2D eigenvalue weighted by atomic mass is 32.2. The van der Waals surface area contributed by atoms with Gasteiger partial charge < -0.3 is 15.0 Å². The van der Waals surface area contributed by atoms with Crippen molar-refractivity contribution in [3.05, 3.63) is 70.2 Å². The monoisotopic (exact) mass is 540 g/mol. The van der Waals surface area contributed by atoms with Crippen LogP contribution in [0.15, 0.2) is 52.2 Å². The van der Waals surface area contributed by atoms with Crippen molar-refractivity contribution in [2.75, 3.05) is 11.9 Å². The number of aryl methyl sites for hydroxylation is 1. The third-order valence-electron chi connectivity index (χ3n) is 5.87. The highest BCUT2D eigenvalue weighted by Gasteiger charge is 2.20. The summed E-state index contributed by atoms with van der Waals surface area (Å²) in [5.41, 5.74) is 1.42. The topological polar surface area (TPSA) is 130 Å². The Kier molecular flexibility index (Phi) is 8.20. The number of H-pyrrole nitrogens is 1. The molecular weight excluding hydrogens is 511 g/mol. The number of benzene rings is 2. The minimum atomic E-state index is -1.89. The number of ether oxygens (including phenoxy) is 1. The number of aromatic nitrogens is 4. The Bertz CT molecular complexity index is 1550. The van der Waals surface area contributed by atoms with Gasteiger partial charge in [-0.15, -0.1) is 5.10 Å². The smallest absolute Gasteiger partial charge is 0.331 e. The number of fused-ring (bicyclic) bond motifs is 1. The molecule has 12 heteroatoms. The maximum absolute atomic E-state index is 13.1. The number of carbonyl (C=O) groups is 1. The number of nitrogens with one attached hydrogen (secondary N) is 3. The highest BCUT2D eigenvalue weighted by molar-refractivity contribution is 7.83. The van der Waals surface area contributed by atoms with E-state index in [0.29, 0.717) is 40.6 Å². The van der Waals surface area contributed by atoms with E-state index in [1.165, 1.54) is 12.1 Å². The van der Waals surface area contributed by atoms with Gasteiger partial charge in [0.05, 0.1) is 22.8 Å². The van der Waals surface area contributed by atoms with E-state index in [1.807, 2.05) is 13.8 Å². The molecule has 38 heavy (non-hydrogen) atoms. The van der Waals surface area contributed by atoms with Crippen molar-refractivity contribution in [3.8, 4) is 17.1 Å². The van der Waals surface area contributed by atoms with Gasteiger partial charge in [-0.05, 0) is 62.7 Å². The van der Waals surface area contributed by atoms with E-state index in [2.05, 4.69) is 26.9 Å². The van der Waals surface area contributed by atoms with E-state index in [4.69, 9.17) is 9.84 Å². The summed E-state index contributed by atoms with van der Waals surface area (Å²) < 4.78 is 35.2. The molecule has 2 unspecified atom stereocenters. The lowest BCUT2D eigenvalue weighted by molar-refractivity contribution is 0.257. The summed E-state index contributed by atoms with van der Waals surface area (Å²) in [6.07, 6.45) is 1.85. The molecule has 200 valence electrons. The van der Waals surface area contributed by atoms with Crippen molar-refractivity contribution in [2.24, 2.45) is 0 Å². The molecule has 2 atom stereocenters. The van der Waals surface area contributed by atoms with Crippen LogP contribution in [0, 0.1) is 12.7 Å². The van der Waals surface area contributed by atoms with Gasteiger partial charge in [0.1, 0.15) is 17.4 Å². The number of aromatic amines is 1. The van der Waals surface area contributed by atoms with Gasteiger partial charge in [0, 0.05) is 11.6 Å². The number of carbonyl (C=O) groups excluding carboxylic acids is 1. The summed E-state index contributed by atoms with van der Waals surface area (Å²) >= 11 is 0. The number of anilines is 1. The molecule has 0 spiro atoms. The summed E-state index contributed by atoms with van der Waals surface area (Å²) in [6, 6.07) is 9.10. The fraction of sp³-hybridized carbons (Fsp3) is 0.308. The SMILES string of the molecule is CCCC(C)c1nc(C)c2c(=O)[nH]c(-c3cc(NC(=O)NS(=O)c4ccc(F)cc4)ccc3OCC)nn12. The third-order valence-corrected chi connectivity index (χ3v) is 6.94. The van der Waals surface area contributed by atoms with Crippen molar-refractivity contribution in [2.45, 2.75) is 51.3 Å². The quantitative estimate of drug-likeness (QED) is 0.283. The second-order valence-electron chi connectivity index (χ2n) is 8.73. The normalized spacial score (nSPS) is 12.8. The predicted octanol–water partition coefficient (Wildman–Crippen LogP) is 4.68. The van der Waals surface area contributed by atoms with Crippen LogP contribution >= 0.6 is 0 Å². The number of amides is 2. The Morgan fingerprint density at radius 3 is 2.63 bits per heavy atom. The number of urea groups is 1. The zero-order valence-electron chi connectivity index (χ0n) is 21.5. The maximum Gasteiger partial charge on any atom is 0.331 e. The van der Waals surface area contributed by atoms with Gasteiger partial charge in [0.2, 0.25) is 0 Å². The molecule has 2 amide bonds. The molecule has 10 nitrogen and oxygen atoms in total. The van der Waals surface area contributed by atoms with E-state index in [-0.39, 0.29) is 22.2 Å². The van der Waals surface area contributed by atoms with Gasteiger partial charge in [-0.3, -0.25) is 9.52 Å². The third kappa shape index (κ3) is 5.75. The lowest BCUT2D eigenvalue weighted by atomic mass is 10.1. The average molecular weight is 541 g/mol. The second kappa shape index (κ2) is 11.5. The molecular formula is C26H29FN6O4S. The molecule has 0 aliphatic heterocycles. The van der Waals surface area contributed by atoms with E-state index in [9.17, 15) is 18.2 Å². The molecule has 0 saturated carbocycles. The van der Waals surface area contributed by atoms with Crippen molar-refractivity contribution in [3.63, 3.8) is 0 Å². The largest absolute Gasteiger partial charge is 0.493 e. The zero-order chi connectivity index (χ0) is 27.4.